The molecule has 0 bridgehead atoms. The van der Waals surface area contributed by atoms with Crippen LogP contribution in [0.2, 0.25) is 0 Å². The van der Waals surface area contributed by atoms with E-state index in [1.54, 1.807) is 78.9 Å². The number of carbonyl (C=O) groups excluding carboxylic acids is 2. The summed E-state index contributed by atoms with van der Waals surface area (Å²) >= 11 is 0. The molecule has 2 N–H and O–H groups in total. The third-order valence-electron chi connectivity index (χ3n) is 7.76. The van der Waals surface area contributed by atoms with Crippen molar-refractivity contribution in [2.45, 2.75) is 21.3 Å². The zero-order valence-corrected chi connectivity index (χ0v) is 25.2. The van der Waals surface area contributed by atoms with E-state index in [0.29, 0.717) is 64.5 Å². The second-order valence-electron chi connectivity index (χ2n) is 10.8. The first kappa shape index (κ1) is 37.5. The summed E-state index contributed by atoms with van der Waals surface area (Å²) in [5.74, 6) is -2.38. The van der Waals surface area contributed by atoms with E-state index in [4.69, 9.17) is 4.74 Å². The lowest BCUT2D eigenvalue weighted by Gasteiger charge is -2.26. The Hall–Kier alpha value is -4.99. The summed E-state index contributed by atoms with van der Waals surface area (Å²) < 4.78 is 34.8. The van der Waals surface area contributed by atoms with Crippen molar-refractivity contribution in [2.24, 2.45) is 0 Å². The number of hydrogen-bond donors (Lipinski definition) is 2. The van der Waals surface area contributed by atoms with Crippen LogP contribution < -0.4 is 16.1 Å². The number of carbonyl (C=O) groups is 2. The Morgan fingerprint density at radius 2 is 1.60 bits per heavy atom. The second-order valence-corrected chi connectivity index (χ2v) is 10.8. The van der Waals surface area contributed by atoms with Gasteiger partial charge in [0.15, 0.2) is 11.2 Å². The maximum absolute atomic E-state index is 14.8. The van der Waals surface area contributed by atoms with Crippen LogP contribution >= 0.6 is 0 Å². The highest BCUT2D eigenvalue weighted by Gasteiger charge is 2.14. The van der Waals surface area contributed by atoms with Crippen molar-refractivity contribution in [1.29, 1.82) is 0 Å². The van der Waals surface area contributed by atoms with Gasteiger partial charge >= 0.3 is 0 Å². The number of hydrogen-bond acceptors (Lipinski definition) is 6. The van der Waals surface area contributed by atoms with Crippen molar-refractivity contribution in [3.8, 4) is 0 Å². The molecular formula is C39H46F2N3O4. The number of halogens is 2. The number of Topliss-reactive ketones (excluding diaryl/α,β-unsaturated/α-hetero) is 1. The van der Waals surface area contributed by atoms with Gasteiger partial charge in [-0.3, -0.25) is 19.3 Å². The number of nitrogens with one attached hydrogen (secondary N) is 2. The van der Waals surface area contributed by atoms with Gasteiger partial charge in [-0.05, 0) is 46.7 Å². The molecule has 1 aliphatic heterocycles. The zero-order chi connectivity index (χ0) is 32.5. The number of allylic oxidation sites excluding steroid dienone is 4. The van der Waals surface area contributed by atoms with Crippen molar-refractivity contribution in [3.63, 3.8) is 0 Å². The zero-order valence-electron chi connectivity index (χ0n) is 25.2. The molecule has 0 saturated carbocycles. The monoisotopic (exact) mass is 658 g/mol. The lowest BCUT2D eigenvalue weighted by Crippen LogP contribution is -2.41. The highest BCUT2D eigenvalue weighted by molar-refractivity contribution is 6.01. The summed E-state index contributed by atoms with van der Waals surface area (Å²) in [6.07, 6.45) is 2.61. The number of rotatable bonds is 12. The first-order valence-corrected chi connectivity index (χ1v) is 15.0. The van der Waals surface area contributed by atoms with Crippen LogP contribution in [0.1, 0.15) is 44.8 Å². The van der Waals surface area contributed by atoms with E-state index in [9.17, 15) is 23.2 Å². The van der Waals surface area contributed by atoms with E-state index in [1.807, 2.05) is 0 Å². The minimum absolute atomic E-state index is 0. The Morgan fingerprint density at radius 1 is 0.896 bits per heavy atom. The molecule has 4 aromatic carbocycles. The molecule has 1 saturated heterocycles. The first-order valence-electron chi connectivity index (χ1n) is 15.0. The van der Waals surface area contributed by atoms with E-state index in [2.05, 4.69) is 22.1 Å². The molecule has 4 aromatic rings. The number of morpholine rings is 1. The van der Waals surface area contributed by atoms with Crippen molar-refractivity contribution in [2.75, 3.05) is 44.7 Å². The Labute approximate surface area is 283 Å². The summed E-state index contributed by atoms with van der Waals surface area (Å²) in [7, 11) is 0. The third-order valence-corrected chi connectivity index (χ3v) is 7.76. The van der Waals surface area contributed by atoms with Crippen LogP contribution in [0.4, 0.5) is 14.5 Å². The molecule has 0 unspecified atom stereocenters. The fourth-order valence-electron chi connectivity index (χ4n) is 5.18. The van der Waals surface area contributed by atoms with E-state index in [0.717, 1.165) is 25.8 Å². The Kier molecular flexibility index (Phi) is 13.9. The SMILES string of the molecule is C.C.C=C/C(CC(=O)c1ccccc1)=C(/F)[CH]/C(F)=C/Nc1ccc2c(=O)c3cc(C(=O)NCCN4CCOCC4)ccc3ccc2c1.[HH].[HH]. The fourth-order valence-corrected chi connectivity index (χ4v) is 5.18. The van der Waals surface area contributed by atoms with Crippen LogP contribution in [0.25, 0.3) is 21.5 Å². The molecule has 1 heterocycles. The standard InChI is InChI=1S/C37H34F2N3O4.2CH4.2H2/c1-2-25(22-35(43)27-6-4-3-5-7-27)34(39)23-30(38)24-41-31-12-13-32-28(20-31)10-8-26-9-11-29(21-33(26)36(32)44)37(45)40-14-15-42-16-18-46-19-17-42;;;;/h2-13,20-21,23-24,41H,1,14-19,22H2,(H,40,45);2*1H4;2*1H/b30-24-,34-25-;;;;. The smallest absolute Gasteiger partial charge is 0.251 e. The quantitative estimate of drug-likeness (QED) is 0.118. The summed E-state index contributed by atoms with van der Waals surface area (Å²) in [5, 5.41) is 7.82. The molecule has 9 heteroatoms. The Bertz CT molecular complexity index is 1900. The molecule has 255 valence electrons. The summed E-state index contributed by atoms with van der Waals surface area (Å²) in [6, 6.07) is 22.0. The van der Waals surface area contributed by atoms with Gasteiger partial charge in [0.25, 0.3) is 5.91 Å². The highest BCUT2D eigenvalue weighted by Crippen LogP contribution is 2.23. The lowest BCUT2D eigenvalue weighted by molar-refractivity contribution is 0.0383. The lowest BCUT2D eigenvalue weighted by atomic mass is 10.0. The Morgan fingerprint density at radius 3 is 2.33 bits per heavy atom. The molecule has 0 spiro atoms. The predicted molar refractivity (Wildman–Crippen MR) is 196 cm³/mol. The minimum atomic E-state index is -0.909. The van der Waals surface area contributed by atoms with Gasteiger partial charge in [-0.1, -0.05) is 76.0 Å². The number of ketones is 1. The normalized spacial score (nSPS) is 13.9. The number of anilines is 1. The molecule has 1 radical (unpaired) electrons. The Balaban J connectivity index is 0.00000312. The maximum Gasteiger partial charge on any atom is 0.251 e. The van der Waals surface area contributed by atoms with Crippen molar-refractivity contribution in [1.82, 2.24) is 10.2 Å². The largest absolute Gasteiger partial charge is 0.379 e. The average Bonchev–Trinajstić information content (AvgIpc) is 3.22. The maximum atomic E-state index is 14.8. The topological polar surface area (TPSA) is 87.7 Å². The fraction of sp³-hybridized carbons (Fsp3) is 0.231. The summed E-state index contributed by atoms with van der Waals surface area (Å²) in [4.78, 5) is 41.0. The number of nitrogens with zero attached hydrogens (tertiary/aromatic N) is 1. The third kappa shape index (κ3) is 9.53. The highest BCUT2D eigenvalue weighted by atomic mass is 19.1. The van der Waals surface area contributed by atoms with Crippen LogP contribution in [-0.2, 0) is 4.74 Å². The number of amides is 1. The predicted octanol–water partition coefficient (Wildman–Crippen LogP) is 8.29. The van der Waals surface area contributed by atoms with Gasteiger partial charge in [-0.15, -0.1) is 0 Å². The van der Waals surface area contributed by atoms with Gasteiger partial charge in [0.2, 0.25) is 0 Å². The van der Waals surface area contributed by atoms with Gasteiger partial charge in [0, 0.05) is 69.2 Å². The van der Waals surface area contributed by atoms with E-state index in [-0.39, 0.29) is 46.8 Å². The van der Waals surface area contributed by atoms with Gasteiger partial charge in [-0.25, -0.2) is 8.78 Å². The van der Waals surface area contributed by atoms with Crippen LogP contribution in [0, 0.1) is 6.42 Å². The molecule has 1 amide bonds. The van der Waals surface area contributed by atoms with Crippen LogP contribution in [0.5, 0.6) is 0 Å². The van der Waals surface area contributed by atoms with Crippen LogP contribution in [0.3, 0.4) is 0 Å². The van der Waals surface area contributed by atoms with Crippen molar-refractivity contribution < 1.29 is 26.0 Å². The second kappa shape index (κ2) is 17.8. The molecule has 0 aromatic heterocycles. The summed E-state index contributed by atoms with van der Waals surface area (Å²) in [5.41, 5.74) is 1.02. The molecule has 48 heavy (non-hydrogen) atoms. The van der Waals surface area contributed by atoms with Gasteiger partial charge in [0.05, 0.1) is 19.6 Å². The summed E-state index contributed by atoms with van der Waals surface area (Å²) in [6.45, 7) is 7.81. The van der Waals surface area contributed by atoms with Crippen molar-refractivity contribution in [3.05, 3.63) is 143 Å². The van der Waals surface area contributed by atoms with Crippen LogP contribution in [-0.4, -0.2) is 56.0 Å². The van der Waals surface area contributed by atoms with Gasteiger partial charge < -0.3 is 15.4 Å². The molecule has 1 aliphatic rings. The molecule has 1 fully saturated rings. The number of ether oxygens (including phenoxy) is 1. The molecule has 0 atom stereocenters. The number of benzene rings is 3. The molecule has 7 nitrogen and oxygen atoms in total. The van der Waals surface area contributed by atoms with E-state index in [1.165, 1.54) is 6.08 Å². The van der Waals surface area contributed by atoms with Crippen LogP contribution in [0.15, 0.2) is 120 Å². The molecule has 0 aliphatic carbocycles. The van der Waals surface area contributed by atoms with Crippen molar-refractivity contribution >= 4 is 38.9 Å². The number of fused-ring (bicyclic) bond motifs is 2. The van der Waals surface area contributed by atoms with E-state index < -0.39 is 11.7 Å². The van der Waals surface area contributed by atoms with Gasteiger partial charge in [-0.2, -0.15) is 0 Å². The molecular weight excluding hydrogens is 612 g/mol. The minimum Gasteiger partial charge on any atom is -0.379 e. The van der Waals surface area contributed by atoms with E-state index >= 15 is 0 Å². The average molecular weight is 659 g/mol. The first-order chi connectivity index (χ1) is 22.3. The molecule has 5 rings (SSSR count). The van der Waals surface area contributed by atoms with Gasteiger partial charge in [0.1, 0.15) is 11.7 Å².